The Hall–Kier alpha value is -1.95. The molecule has 1 N–H and O–H groups in total. The molecule has 0 unspecified atom stereocenters. The average molecular weight is 261 g/mol. The highest BCUT2D eigenvalue weighted by Crippen LogP contribution is 2.38. The molecule has 3 rings (SSSR count). The van der Waals surface area contributed by atoms with Crippen molar-refractivity contribution in [3.63, 3.8) is 0 Å². The number of hydrogen-bond donors (Lipinski definition) is 1. The Morgan fingerprint density at radius 2 is 2.11 bits per heavy atom. The van der Waals surface area contributed by atoms with Crippen LogP contribution in [0.1, 0.15) is 31.6 Å². The van der Waals surface area contributed by atoms with Gasteiger partial charge in [0, 0.05) is 17.8 Å². The second-order valence-electron chi connectivity index (χ2n) is 4.75. The lowest BCUT2D eigenvalue weighted by molar-refractivity contribution is 0.0112. The number of nitrogens with zero attached hydrogens (tertiary/aromatic N) is 3. The molecule has 1 saturated carbocycles. The molecule has 1 fully saturated rings. The van der Waals surface area contributed by atoms with Crippen molar-refractivity contribution in [3.8, 4) is 17.3 Å². The van der Waals surface area contributed by atoms with E-state index in [1.54, 1.807) is 25.4 Å². The lowest BCUT2D eigenvalue weighted by atomic mass is 10.0. The quantitative estimate of drug-likeness (QED) is 0.908. The fourth-order valence-corrected chi connectivity index (χ4v) is 2.34. The molecule has 0 saturated heterocycles. The number of hydrogen-bond acceptors (Lipinski definition) is 6. The Balaban J connectivity index is 1.87. The zero-order valence-corrected chi connectivity index (χ0v) is 10.7. The molecule has 0 aromatic carbocycles. The number of aromatic nitrogens is 3. The number of rotatable bonds is 3. The van der Waals surface area contributed by atoms with Crippen molar-refractivity contribution in [2.24, 2.45) is 0 Å². The molecule has 2 aromatic heterocycles. The van der Waals surface area contributed by atoms with Crippen LogP contribution in [0.4, 0.5) is 0 Å². The first kappa shape index (κ1) is 12.1. The van der Waals surface area contributed by atoms with E-state index >= 15 is 0 Å². The highest BCUT2D eigenvalue weighted by Gasteiger charge is 2.38. The van der Waals surface area contributed by atoms with Crippen LogP contribution in [0.2, 0.25) is 0 Å². The van der Waals surface area contributed by atoms with E-state index in [2.05, 4.69) is 15.1 Å². The summed E-state index contributed by atoms with van der Waals surface area (Å²) >= 11 is 0. The molecule has 0 bridgehead atoms. The Bertz CT molecular complexity index is 559. The maximum absolute atomic E-state index is 10.4. The fourth-order valence-electron chi connectivity index (χ4n) is 2.34. The van der Waals surface area contributed by atoms with E-state index in [4.69, 9.17) is 9.26 Å². The third kappa shape index (κ3) is 2.19. The zero-order chi connectivity index (χ0) is 13.3. The van der Waals surface area contributed by atoms with E-state index in [1.807, 2.05) is 0 Å². The molecular formula is C13H15N3O3. The van der Waals surface area contributed by atoms with Gasteiger partial charge in [-0.2, -0.15) is 4.98 Å². The van der Waals surface area contributed by atoms with Gasteiger partial charge in [-0.3, -0.25) is 0 Å². The maximum Gasteiger partial charge on any atom is 0.258 e. The molecule has 0 radical (unpaired) electrons. The minimum atomic E-state index is -0.953. The monoisotopic (exact) mass is 261 g/mol. The topological polar surface area (TPSA) is 81.3 Å². The average Bonchev–Trinajstić information content (AvgIpc) is 3.08. The normalized spacial score (nSPS) is 17.6. The molecule has 0 aliphatic heterocycles. The van der Waals surface area contributed by atoms with Gasteiger partial charge in [-0.1, -0.05) is 5.16 Å². The Morgan fingerprint density at radius 1 is 1.32 bits per heavy atom. The van der Waals surface area contributed by atoms with Gasteiger partial charge in [-0.05, 0) is 31.7 Å². The summed E-state index contributed by atoms with van der Waals surface area (Å²) < 4.78 is 10.2. The van der Waals surface area contributed by atoms with Crippen LogP contribution in [0.5, 0.6) is 5.88 Å². The summed E-state index contributed by atoms with van der Waals surface area (Å²) in [5.74, 6) is 1.27. The van der Waals surface area contributed by atoms with Crippen LogP contribution in [0, 0.1) is 0 Å². The summed E-state index contributed by atoms with van der Waals surface area (Å²) in [5, 5.41) is 14.3. The van der Waals surface area contributed by atoms with Gasteiger partial charge in [0.15, 0.2) is 0 Å². The van der Waals surface area contributed by atoms with Crippen LogP contribution in [-0.2, 0) is 5.60 Å². The molecule has 6 heteroatoms. The smallest absolute Gasteiger partial charge is 0.258 e. The molecule has 0 atom stereocenters. The summed E-state index contributed by atoms with van der Waals surface area (Å²) in [7, 11) is 1.56. The molecule has 2 heterocycles. The van der Waals surface area contributed by atoms with E-state index < -0.39 is 5.60 Å². The first-order valence-electron chi connectivity index (χ1n) is 6.28. The summed E-state index contributed by atoms with van der Waals surface area (Å²) in [6.07, 6.45) is 4.94. The molecular weight excluding hydrogens is 246 g/mol. The second-order valence-corrected chi connectivity index (χ2v) is 4.75. The van der Waals surface area contributed by atoms with Crippen molar-refractivity contribution in [1.29, 1.82) is 0 Å². The van der Waals surface area contributed by atoms with E-state index in [-0.39, 0.29) is 0 Å². The molecule has 0 spiro atoms. The van der Waals surface area contributed by atoms with E-state index in [9.17, 15) is 5.11 Å². The molecule has 6 nitrogen and oxygen atoms in total. The van der Waals surface area contributed by atoms with Gasteiger partial charge in [-0.25, -0.2) is 4.98 Å². The number of pyridine rings is 1. The van der Waals surface area contributed by atoms with Crippen molar-refractivity contribution in [2.75, 3.05) is 7.11 Å². The van der Waals surface area contributed by atoms with E-state index in [0.29, 0.717) is 30.4 Å². The number of methoxy groups -OCH3 is 1. The fraction of sp³-hybridized carbons (Fsp3) is 0.462. The standard InChI is InChI=1S/C13H15N3O3/c1-18-10-5-4-9(8-14-10)11-15-12(19-16-11)13(17)6-2-3-7-13/h4-5,8,17H,2-3,6-7H2,1H3. The SMILES string of the molecule is COc1ccc(-c2noc(C3(O)CCCC3)n2)cn1. The zero-order valence-electron chi connectivity index (χ0n) is 10.7. The Labute approximate surface area is 110 Å². The predicted molar refractivity (Wildman–Crippen MR) is 66.4 cm³/mol. The summed E-state index contributed by atoms with van der Waals surface area (Å²) in [5.41, 5.74) is -0.220. The second kappa shape index (κ2) is 4.62. The summed E-state index contributed by atoms with van der Waals surface area (Å²) in [6, 6.07) is 3.54. The van der Waals surface area contributed by atoms with Crippen LogP contribution in [0.25, 0.3) is 11.4 Å². The molecule has 19 heavy (non-hydrogen) atoms. The van der Waals surface area contributed by atoms with E-state index in [1.165, 1.54) is 0 Å². The van der Waals surface area contributed by atoms with Gasteiger partial charge in [0.25, 0.3) is 5.89 Å². The number of aliphatic hydroxyl groups is 1. The lowest BCUT2D eigenvalue weighted by Gasteiger charge is -2.15. The van der Waals surface area contributed by atoms with Crippen molar-refractivity contribution >= 4 is 0 Å². The third-order valence-corrected chi connectivity index (χ3v) is 3.46. The lowest BCUT2D eigenvalue weighted by Crippen LogP contribution is -2.21. The molecule has 2 aromatic rings. The van der Waals surface area contributed by atoms with Gasteiger partial charge in [0.1, 0.15) is 5.60 Å². The first-order chi connectivity index (χ1) is 9.21. The number of ether oxygens (including phenoxy) is 1. The van der Waals surface area contributed by atoms with E-state index in [0.717, 1.165) is 18.4 Å². The van der Waals surface area contributed by atoms with Gasteiger partial charge < -0.3 is 14.4 Å². The minimum Gasteiger partial charge on any atom is -0.481 e. The van der Waals surface area contributed by atoms with Gasteiger partial charge >= 0.3 is 0 Å². The highest BCUT2D eigenvalue weighted by molar-refractivity contribution is 5.53. The minimum absolute atomic E-state index is 0.302. The van der Waals surface area contributed by atoms with Crippen molar-refractivity contribution in [2.45, 2.75) is 31.3 Å². The van der Waals surface area contributed by atoms with Crippen molar-refractivity contribution in [1.82, 2.24) is 15.1 Å². The van der Waals surface area contributed by atoms with Crippen LogP contribution < -0.4 is 4.74 Å². The largest absolute Gasteiger partial charge is 0.481 e. The summed E-state index contributed by atoms with van der Waals surface area (Å²) in [6.45, 7) is 0. The van der Waals surface area contributed by atoms with Crippen LogP contribution in [0.3, 0.4) is 0 Å². The Kier molecular flexibility index (Phi) is 2.94. The molecule has 1 aliphatic rings. The highest BCUT2D eigenvalue weighted by atomic mass is 16.5. The van der Waals surface area contributed by atoms with Crippen molar-refractivity contribution < 1.29 is 14.4 Å². The van der Waals surface area contributed by atoms with Gasteiger partial charge in [0.2, 0.25) is 11.7 Å². The third-order valence-electron chi connectivity index (χ3n) is 3.46. The molecule has 1 aliphatic carbocycles. The van der Waals surface area contributed by atoms with Gasteiger partial charge in [-0.15, -0.1) is 0 Å². The predicted octanol–water partition coefficient (Wildman–Crippen LogP) is 1.90. The van der Waals surface area contributed by atoms with Crippen LogP contribution in [0.15, 0.2) is 22.9 Å². The van der Waals surface area contributed by atoms with Crippen molar-refractivity contribution in [3.05, 3.63) is 24.2 Å². The molecule has 0 amide bonds. The molecule has 100 valence electrons. The summed E-state index contributed by atoms with van der Waals surface area (Å²) in [4.78, 5) is 8.37. The maximum atomic E-state index is 10.4. The van der Waals surface area contributed by atoms with Gasteiger partial charge in [0.05, 0.1) is 7.11 Å². The van der Waals surface area contributed by atoms with Crippen LogP contribution >= 0.6 is 0 Å². The van der Waals surface area contributed by atoms with Crippen LogP contribution in [-0.4, -0.2) is 27.3 Å². The first-order valence-corrected chi connectivity index (χ1v) is 6.28. The Morgan fingerprint density at radius 3 is 2.74 bits per heavy atom.